The van der Waals surface area contributed by atoms with Crippen molar-refractivity contribution in [2.75, 3.05) is 18.8 Å². The lowest BCUT2D eigenvalue weighted by molar-refractivity contribution is 0.759. The van der Waals surface area contributed by atoms with Crippen molar-refractivity contribution in [1.29, 1.82) is 0 Å². The van der Waals surface area contributed by atoms with Crippen LogP contribution in [0.5, 0.6) is 0 Å². The van der Waals surface area contributed by atoms with Crippen LogP contribution >= 0.6 is 11.8 Å². The van der Waals surface area contributed by atoms with Gasteiger partial charge in [0.25, 0.3) is 0 Å². The Labute approximate surface area is 123 Å². The van der Waals surface area contributed by atoms with Gasteiger partial charge in [0.1, 0.15) is 0 Å². The summed E-state index contributed by atoms with van der Waals surface area (Å²) in [4.78, 5) is 0. The smallest absolute Gasteiger partial charge is 0.0738 e. The third-order valence-electron chi connectivity index (χ3n) is 3.89. The van der Waals surface area contributed by atoms with E-state index < -0.39 is 0 Å². The zero-order valence-electron chi connectivity index (χ0n) is 11.2. The van der Waals surface area contributed by atoms with E-state index in [9.17, 15) is 0 Å². The zero-order chi connectivity index (χ0) is 13.4. The van der Waals surface area contributed by atoms with Crippen molar-refractivity contribution in [3.63, 3.8) is 0 Å². The second-order valence-corrected chi connectivity index (χ2v) is 6.36. The Hall–Kier alpha value is -1.51. The van der Waals surface area contributed by atoms with Gasteiger partial charge < -0.3 is 5.32 Å². The third-order valence-corrected chi connectivity index (χ3v) is 5.01. The molecule has 1 nitrogen and oxygen atoms in total. The highest BCUT2D eigenvalue weighted by atomic mass is 32.2. The third kappa shape index (κ3) is 2.09. The Morgan fingerprint density at radius 2 is 1.65 bits per heavy atom. The molecular weight excluding hydrogens is 262 g/mol. The van der Waals surface area contributed by atoms with Gasteiger partial charge in [-0.2, -0.15) is 0 Å². The molecule has 1 N–H and O–H groups in total. The first-order valence-electron chi connectivity index (χ1n) is 7.03. The molecule has 1 heterocycles. The standard InChI is InChI=1S/C18H16NS/c1-2-5-14-11-17-15(10-13(14)4-1)6-3-7-16(17)18-12-19-8-9-20-18/h1-7,10-11,19H,8-9,12H2. The zero-order valence-corrected chi connectivity index (χ0v) is 12.0. The van der Waals surface area contributed by atoms with Gasteiger partial charge in [-0.1, -0.05) is 42.5 Å². The van der Waals surface area contributed by atoms with Crippen molar-refractivity contribution >= 4 is 33.3 Å². The highest BCUT2D eigenvalue weighted by Crippen LogP contribution is 2.35. The maximum atomic E-state index is 3.48. The first-order valence-corrected chi connectivity index (χ1v) is 8.02. The summed E-state index contributed by atoms with van der Waals surface area (Å²) in [5.74, 6) is 1.17. The number of nitrogens with one attached hydrogen (secondary N) is 1. The van der Waals surface area contributed by atoms with Gasteiger partial charge in [0.2, 0.25) is 0 Å². The molecule has 0 amide bonds. The van der Waals surface area contributed by atoms with E-state index >= 15 is 0 Å². The van der Waals surface area contributed by atoms with E-state index in [4.69, 9.17) is 0 Å². The summed E-state index contributed by atoms with van der Waals surface area (Å²) in [6.45, 7) is 2.11. The minimum absolute atomic E-state index is 0.997. The second-order valence-electron chi connectivity index (χ2n) is 5.17. The molecule has 2 heteroatoms. The van der Waals surface area contributed by atoms with Crippen molar-refractivity contribution in [2.24, 2.45) is 0 Å². The summed E-state index contributed by atoms with van der Waals surface area (Å²) < 4.78 is 0. The average molecular weight is 278 g/mol. The highest BCUT2D eigenvalue weighted by Gasteiger charge is 2.18. The minimum atomic E-state index is 0.997. The fourth-order valence-corrected chi connectivity index (χ4v) is 3.91. The van der Waals surface area contributed by atoms with E-state index in [-0.39, 0.29) is 0 Å². The lowest BCUT2D eigenvalue weighted by Crippen LogP contribution is -2.28. The molecule has 0 aromatic heterocycles. The van der Waals surface area contributed by atoms with Gasteiger partial charge in [-0.3, -0.25) is 0 Å². The van der Waals surface area contributed by atoms with Gasteiger partial charge in [0, 0.05) is 18.8 Å². The predicted octanol–water partition coefficient (Wildman–Crippen LogP) is 4.21. The van der Waals surface area contributed by atoms with Crippen molar-refractivity contribution in [1.82, 2.24) is 5.32 Å². The molecule has 20 heavy (non-hydrogen) atoms. The average Bonchev–Trinajstić information content (AvgIpc) is 2.53. The molecule has 99 valence electrons. The number of rotatable bonds is 1. The van der Waals surface area contributed by atoms with Crippen molar-refractivity contribution in [3.05, 3.63) is 65.4 Å². The van der Waals surface area contributed by atoms with E-state index in [1.54, 1.807) is 0 Å². The summed E-state index contributed by atoms with van der Waals surface area (Å²) in [6.07, 6.45) is 0. The summed E-state index contributed by atoms with van der Waals surface area (Å²) >= 11 is 1.99. The topological polar surface area (TPSA) is 12.0 Å². The Balaban J connectivity index is 1.94. The van der Waals surface area contributed by atoms with Crippen LogP contribution in [-0.2, 0) is 0 Å². The molecule has 0 saturated carbocycles. The van der Waals surface area contributed by atoms with Crippen molar-refractivity contribution in [3.8, 4) is 0 Å². The fourth-order valence-electron chi connectivity index (χ4n) is 2.88. The maximum Gasteiger partial charge on any atom is 0.0738 e. The van der Waals surface area contributed by atoms with E-state index in [2.05, 4.69) is 59.9 Å². The van der Waals surface area contributed by atoms with E-state index in [1.807, 2.05) is 11.8 Å². The molecule has 0 bridgehead atoms. The fraction of sp³-hybridized carbons (Fsp3) is 0.167. The first-order chi connectivity index (χ1) is 9.92. The Morgan fingerprint density at radius 3 is 2.45 bits per heavy atom. The quantitative estimate of drug-likeness (QED) is 0.669. The van der Waals surface area contributed by atoms with Crippen LogP contribution in [0.4, 0.5) is 0 Å². The van der Waals surface area contributed by atoms with Gasteiger partial charge in [-0.15, -0.1) is 11.8 Å². The van der Waals surface area contributed by atoms with Gasteiger partial charge in [0.15, 0.2) is 0 Å². The van der Waals surface area contributed by atoms with Gasteiger partial charge in [-0.05, 0) is 39.2 Å². The van der Waals surface area contributed by atoms with Crippen LogP contribution in [0, 0.1) is 5.25 Å². The van der Waals surface area contributed by atoms with Crippen LogP contribution in [0.15, 0.2) is 54.6 Å². The number of fused-ring (bicyclic) bond motifs is 2. The molecule has 0 atom stereocenters. The lowest BCUT2D eigenvalue weighted by atomic mass is 9.98. The van der Waals surface area contributed by atoms with Gasteiger partial charge in [-0.25, -0.2) is 0 Å². The summed E-state index contributed by atoms with van der Waals surface area (Å²) in [5, 5.41) is 10.3. The summed E-state index contributed by atoms with van der Waals surface area (Å²) in [6, 6.07) is 19.9. The molecule has 0 spiro atoms. The van der Waals surface area contributed by atoms with Crippen molar-refractivity contribution in [2.45, 2.75) is 0 Å². The largest absolute Gasteiger partial charge is 0.314 e. The van der Waals surface area contributed by atoms with Gasteiger partial charge in [0.05, 0.1) is 5.25 Å². The Bertz CT molecular complexity index is 760. The molecule has 3 aromatic rings. The molecule has 1 aliphatic rings. The lowest BCUT2D eigenvalue weighted by Gasteiger charge is -2.23. The molecule has 1 aliphatic heterocycles. The summed E-state index contributed by atoms with van der Waals surface area (Å²) in [5.41, 5.74) is 1.39. The van der Waals surface area contributed by atoms with E-state index in [1.165, 1.54) is 38.1 Å². The Morgan fingerprint density at radius 1 is 0.850 bits per heavy atom. The van der Waals surface area contributed by atoms with Crippen LogP contribution in [0.25, 0.3) is 21.5 Å². The number of hydrogen-bond acceptors (Lipinski definition) is 2. The maximum absolute atomic E-state index is 3.48. The van der Waals surface area contributed by atoms with E-state index in [0.717, 1.165) is 13.1 Å². The molecule has 1 fully saturated rings. The highest BCUT2D eigenvalue weighted by molar-refractivity contribution is 8.02. The molecule has 3 aromatic carbocycles. The van der Waals surface area contributed by atoms with Crippen LogP contribution in [-0.4, -0.2) is 18.8 Å². The van der Waals surface area contributed by atoms with Crippen LogP contribution in [0.1, 0.15) is 5.56 Å². The molecular formula is C18H16NS. The normalized spacial score (nSPS) is 16.8. The van der Waals surface area contributed by atoms with Crippen LogP contribution < -0.4 is 5.32 Å². The monoisotopic (exact) mass is 278 g/mol. The predicted molar refractivity (Wildman–Crippen MR) is 89.1 cm³/mol. The van der Waals surface area contributed by atoms with Crippen molar-refractivity contribution < 1.29 is 0 Å². The number of hydrogen-bond donors (Lipinski definition) is 1. The number of benzene rings is 3. The minimum Gasteiger partial charge on any atom is -0.314 e. The molecule has 1 saturated heterocycles. The molecule has 1 radical (unpaired) electrons. The first kappa shape index (κ1) is 12.2. The second kappa shape index (κ2) is 5.12. The molecule has 4 rings (SSSR count). The number of thioether (sulfide) groups is 1. The van der Waals surface area contributed by atoms with Crippen LogP contribution in [0.2, 0.25) is 0 Å². The summed E-state index contributed by atoms with van der Waals surface area (Å²) in [7, 11) is 0. The van der Waals surface area contributed by atoms with Crippen LogP contribution in [0.3, 0.4) is 0 Å². The SMILES string of the molecule is c1ccc2cc3c([C]4CNCCS4)cccc3cc2c1. The Kier molecular flexibility index (Phi) is 3.13. The van der Waals surface area contributed by atoms with Gasteiger partial charge >= 0.3 is 0 Å². The van der Waals surface area contributed by atoms with E-state index in [0.29, 0.717) is 0 Å². The molecule has 0 aliphatic carbocycles. The molecule has 0 unspecified atom stereocenters.